The molecule has 0 unspecified atom stereocenters. The molecule has 0 saturated carbocycles. The van der Waals surface area contributed by atoms with Crippen molar-refractivity contribution in [3.05, 3.63) is 23.3 Å². The Morgan fingerprint density at radius 1 is 1.40 bits per heavy atom. The van der Waals surface area contributed by atoms with Crippen molar-refractivity contribution in [2.45, 2.75) is 55.9 Å². The first-order valence-corrected chi connectivity index (χ1v) is 10.7. The van der Waals surface area contributed by atoms with Crippen molar-refractivity contribution in [2.75, 3.05) is 13.1 Å². The third-order valence-electron chi connectivity index (χ3n) is 4.08. The monoisotopic (exact) mass is 384 g/mol. The van der Waals surface area contributed by atoms with Crippen LogP contribution in [0, 0.1) is 0 Å². The van der Waals surface area contributed by atoms with Crippen LogP contribution in [-0.4, -0.2) is 52.1 Å². The number of hydrogen-bond donors (Lipinski definition) is 1. The zero-order valence-corrected chi connectivity index (χ0v) is 16.3. The second-order valence-corrected chi connectivity index (χ2v) is 10.3. The molecule has 1 N–H and O–H groups in total. The van der Waals surface area contributed by atoms with Gasteiger partial charge in [-0.15, -0.1) is 21.5 Å². The maximum absolute atomic E-state index is 12.7. The molecule has 3 rings (SSSR count). The van der Waals surface area contributed by atoms with Crippen molar-refractivity contribution < 1.29 is 8.42 Å². The van der Waals surface area contributed by atoms with Gasteiger partial charge in [-0.25, -0.2) is 8.42 Å². The molecule has 1 aliphatic heterocycles. The van der Waals surface area contributed by atoms with Crippen LogP contribution in [0.4, 0.5) is 0 Å². The summed E-state index contributed by atoms with van der Waals surface area (Å²) in [5.74, 6) is 0.619. The van der Waals surface area contributed by atoms with E-state index in [4.69, 9.17) is 0 Å². The van der Waals surface area contributed by atoms with E-state index in [9.17, 15) is 8.42 Å². The summed E-state index contributed by atoms with van der Waals surface area (Å²) in [7, 11) is -3.39. The quantitative estimate of drug-likeness (QED) is 0.838. The molecule has 0 radical (unpaired) electrons. The average Bonchev–Trinajstić information content (AvgIpc) is 3.24. The number of thiophene rings is 1. The maximum atomic E-state index is 12.7. The lowest BCUT2D eigenvalue weighted by atomic mass is 10.1. The van der Waals surface area contributed by atoms with Gasteiger partial charge in [-0.05, 0) is 50.3 Å². The summed E-state index contributed by atoms with van der Waals surface area (Å²) >= 11 is 1.26. The SMILES string of the molecule is CC(C)(C)n1nnc(CN[C@@H]2CCCN(S(=O)(=O)c3cccs3)C2)n1. The van der Waals surface area contributed by atoms with Gasteiger partial charge in [-0.3, -0.25) is 0 Å². The highest BCUT2D eigenvalue weighted by Crippen LogP contribution is 2.24. The molecule has 0 aliphatic carbocycles. The summed E-state index contributed by atoms with van der Waals surface area (Å²) in [5.41, 5.74) is -0.207. The molecular weight excluding hydrogens is 360 g/mol. The first kappa shape index (κ1) is 18.4. The van der Waals surface area contributed by atoms with Crippen molar-refractivity contribution in [3.63, 3.8) is 0 Å². The Labute approximate surface area is 152 Å². The van der Waals surface area contributed by atoms with Crippen molar-refractivity contribution >= 4 is 21.4 Å². The largest absolute Gasteiger partial charge is 0.306 e. The molecule has 0 aromatic carbocycles. The van der Waals surface area contributed by atoms with E-state index in [0.29, 0.717) is 29.7 Å². The molecule has 0 amide bonds. The van der Waals surface area contributed by atoms with Crippen LogP contribution in [0.15, 0.2) is 21.7 Å². The van der Waals surface area contributed by atoms with E-state index in [2.05, 4.69) is 20.7 Å². The number of tetrazole rings is 1. The molecule has 1 fully saturated rings. The molecule has 1 atom stereocenters. The van der Waals surface area contributed by atoms with Gasteiger partial charge in [0.2, 0.25) is 0 Å². The molecule has 1 saturated heterocycles. The number of hydrogen-bond acceptors (Lipinski definition) is 7. The summed E-state index contributed by atoms with van der Waals surface area (Å²) in [5, 5.41) is 17.7. The van der Waals surface area contributed by atoms with Crippen LogP contribution >= 0.6 is 11.3 Å². The fourth-order valence-corrected chi connectivity index (χ4v) is 5.37. The minimum Gasteiger partial charge on any atom is -0.306 e. The van der Waals surface area contributed by atoms with Crippen LogP contribution in [-0.2, 0) is 22.1 Å². The van der Waals surface area contributed by atoms with E-state index in [1.807, 2.05) is 20.8 Å². The summed E-state index contributed by atoms with van der Waals surface area (Å²) in [4.78, 5) is 1.60. The first-order chi connectivity index (χ1) is 11.8. The Morgan fingerprint density at radius 2 is 2.20 bits per heavy atom. The molecule has 0 spiro atoms. The van der Waals surface area contributed by atoms with Gasteiger partial charge in [0.25, 0.3) is 10.0 Å². The average molecular weight is 385 g/mol. The van der Waals surface area contributed by atoms with Crippen LogP contribution in [0.5, 0.6) is 0 Å². The van der Waals surface area contributed by atoms with E-state index >= 15 is 0 Å². The number of sulfonamides is 1. The highest BCUT2D eigenvalue weighted by Gasteiger charge is 2.30. The first-order valence-electron chi connectivity index (χ1n) is 8.33. The summed E-state index contributed by atoms with van der Waals surface area (Å²) in [6, 6.07) is 3.51. The summed E-state index contributed by atoms with van der Waals surface area (Å²) in [6.07, 6.45) is 1.77. The fourth-order valence-electron chi connectivity index (χ4n) is 2.70. The smallest absolute Gasteiger partial charge is 0.252 e. The van der Waals surface area contributed by atoms with Gasteiger partial charge in [0.15, 0.2) is 5.82 Å². The van der Waals surface area contributed by atoms with Gasteiger partial charge in [0.1, 0.15) is 4.21 Å². The van der Waals surface area contributed by atoms with Gasteiger partial charge < -0.3 is 5.32 Å². The van der Waals surface area contributed by atoms with Crippen LogP contribution in [0.1, 0.15) is 39.4 Å². The molecule has 2 aromatic rings. The molecule has 25 heavy (non-hydrogen) atoms. The zero-order valence-electron chi connectivity index (χ0n) is 14.7. The topological polar surface area (TPSA) is 93.0 Å². The predicted molar refractivity (Wildman–Crippen MR) is 95.8 cm³/mol. The lowest BCUT2D eigenvalue weighted by Gasteiger charge is -2.31. The van der Waals surface area contributed by atoms with E-state index in [-0.39, 0.29) is 11.6 Å². The molecule has 138 valence electrons. The van der Waals surface area contributed by atoms with Crippen molar-refractivity contribution in [3.8, 4) is 0 Å². The van der Waals surface area contributed by atoms with Gasteiger partial charge in [0, 0.05) is 19.1 Å². The van der Waals surface area contributed by atoms with Gasteiger partial charge >= 0.3 is 0 Å². The van der Waals surface area contributed by atoms with Crippen molar-refractivity contribution in [2.24, 2.45) is 0 Å². The Balaban J connectivity index is 1.60. The van der Waals surface area contributed by atoms with Crippen LogP contribution in [0.2, 0.25) is 0 Å². The van der Waals surface area contributed by atoms with Crippen LogP contribution in [0.3, 0.4) is 0 Å². The van der Waals surface area contributed by atoms with E-state index in [1.165, 1.54) is 11.3 Å². The number of aromatic nitrogens is 4. The Kier molecular flexibility index (Phi) is 5.24. The zero-order chi connectivity index (χ0) is 18.1. The summed E-state index contributed by atoms with van der Waals surface area (Å²) in [6.45, 7) is 7.55. The Hall–Kier alpha value is -1.36. The molecule has 0 bridgehead atoms. The maximum Gasteiger partial charge on any atom is 0.252 e. The van der Waals surface area contributed by atoms with Gasteiger partial charge in [-0.1, -0.05) is 6.07 Å². The van der Waals surface area contributed by atoms with Gasteiger partial charge in [-0.2, -0.15) is 9.10 Å². The summed E-state index contributed by atoms with van der Waals surface area (Å²) < 4.78 is 27.3. The van der Waals surface area contributed by atoms with Crippen LogP contribution in [0.25, 0.3) is 0 Å². The van der Waals surface area contributed by atoms with E-state index in [0.717, 1.165) is 12.8 Å². The molecule has 3 heterocycles. The number of rotatable bonds is 5. The minimum absolute atomic E-state index is 0.0880. The fraction of sp³-hybridized carbons (Fsp3) is 0.667. The molecule has 2 aromatic heterocycles. The Morgan fingerprint density at radius 3 is 2.84 bits per heavy atom. The second-order valence-electron chi connectivity index (χ2n) is 7.18. The van der Waals surface area contributed by atoms with Crippen molar-refractivity contribution in [1.29, 1.82) is 0 Å². The molecule has 8 nitrogen and oxygen atoms in total. The standard InChI is InChI=1S/C15H24N6O2S2/c1-15(2,3)21-18-13(17-19-21)10-16-12-6-4-8-20(11-12)25(22,23)14-7-5-9-24-14/h5,7,9,12,16H,4,6,8,10-11H2,1-3H3/t12-/m1/s1. The predicted octanol–water partition coefficient (Wildman–Crippen LogP) is 1.43. The van der Waals surface area contributed by atoms with E-state index < -0.39 is 10.0 Å². The second kappa shape index (κ2) is 7.10. The number of nitrogens with one attached hydrogen (secondary N) is 1. The number of nitrogens with zero attached hydrogens (tertiary/aromatic N) is 5. The normalized spacial score (nSPS) is 20.0. The minimum atomic E-state index is -3.39. The Bertz CT molecular complexity index is 794. The third-order valence-corrected chi connectivity index (χ3v) is 7.32. The number of piperidine rings is 1. The highest BCUT2D eigenvalue weighted by molar-refractivity contribution is 7.91. The highest BCUT2D eigenvalue weighted by atomic mass is 32.2. The molecular formula is C15H24N6O2S2. The van der Waals surface area contributed by atoms with Crippen molar-refractivity contribution in [1.82, 2.24) is 29.8 Å². The van der Waals surface area contributed by atoms with Crippen LogP contribution < -0.4 is 5.32 Å². The third kappa shape index (κ3) is 4.25. The lowest BCUT2D eigenvalue weighted by molar-refractivity contribution is 0.280. The molecule has 1 aliphatic rings. The van der Waals surface area contributed by atoms with E-state index in [1.54, 1.807) is 26.6 Å². The lowest BCUT2D eigenvalue weighted by Crippen LogP contribution is -2.47. The van der Waals surface area contributed by atoms with Gasteiger partial charge in [0.05, 0.1) is 12.1 Å². The molecule has 10 heteroatoms.